The lowest BCUT2D eigenvalue weighted by Gasteiger charge is -2.17. The van der Waals surface area contributed by atoms with Gasteiger partial charge in [0.15, 0.2) is 0 Å². The second-order valence-corrected chi connectivity index (χ2v) is 7.01. The first-order valence-corrected chi connectivity index (χ1v) is 6.50. The largest absolute Gasteiger partial charge is 0.263 e. The molecule has 0 amide bonds. The van der Waals surface area contributed by atoms with Gasteiger partial charge in [-0.3, -0.25) is 4.21 Å². The smallest absolute Gasteiger partial charge is 0.0696 e. The van der Waals surface area contributed by atoms with E-state index in [2.05, 4.69) is 16.1 Å². The highest BCUT2D eigenvalue weighted by molar-refractivity contribution is 7.99. The van der Waals surface area contributed by atoms with E-state index in [1.165, 1.54) is 6.20 Å². The summed E-state index contributed by atoms with van der Waals surface area (Å²) in [4.78, 5) is 0.664. The molecule has 1 unspecified atom stereocenters. The van der Waals surface area contributed by atoms with E-state index in [0.717, 1.165) is 5.69 Å². The summed E-state index contributed by atoms with van der Waals surface area (Å²) in [6.07, 6.45) is 3.13. The predicted octanol–water partition coefficient (Wildman–Crippen LogP) is 1.48. The van der Waals surface area contributed by atoms with Crippen LogP contribution < -0.4 is 0 Å². The van der Waals surface area contributed by atoms with E-state index in [-0.39, 0.29) is 5.41 Å². The Bertz CT molecular complexity index is 430. The fourth-order valence-electron chi connectivity index (χ4n) is 0.952. The van der Waals surface area contributed by atoms with Gasteiger partial charge in [-0.05, 0) is 21.5 Å². The average molecular weight is 212 g/mol. The zero-order valence-electron chi connectivity index (χ0n) is 9.07. The van der Waals surface area contributed by atoms with Crippen molar-refractivity contribution in [3.63, 3.8) is 0 Å². The molecule has 0 radical (unpaired) electrons. The van der Waals surface area contributed by atoms with Gasteiger partial charge in [-0.1, -0.05) is 20.8 Å². The zero-order chi connectivity index (χ0) is 11.0. The van der Waals surface area contributed by atoms with Crippen LogP contribution in [0, 0.1) is 0 Å². The predicted molar refractivity (Wildman–Crippen MR) is 60.2 cm³/mol. The van der Waals surface area contributed by atoms with Crippen molar-refractivity contribution in [1.29, 1.82) is 0 Å². The molecule has 1 aromatic rings. The molecule has 1 rings (SSSR count). The molecule has 14 heavy (non-hydrogen) atoms. The van der Waals surface area contributed by atoms with Gasteiger partial charge in [0.2, 0.25) is 0 Å². The van der Waals surface area contributed by atoms with Crippen LogP contribution >= 0.6 is 0 Å². The Balaban J connectivity index is 3.29. The summed E-state index contributed by atoms with van der Waals surface area (Å²) in [5.41, 5.74) is 0.765. The summed E-state index contributed by atoms with van der Waals surface area (Å²) in [7, 11) is -2.19. The lowest BCUT2D eigenvalue weighted by molar-refractivity contribution is 0.555. The maximum absolute atomic E-state index is 11.7. The highest BCUT2D eigenvalue weighted by Crippen LogP contribution is 2.21. The normalized spacial score (nSPS) is 16.3. The number of nitrogens with zero attached hydrogens (tertiary/aromatic N) is 2. The fourth-order valence-corrected chi connectivity index (χ4v) is 1.58. The van der Waals surface area contributed by atoms with E-state index >= 15 is 0 Å². The molecule has 78 valence electrons. The molecule has 0 aliphatic rings. The van der Waals surface area contributed by atoms with Crippen molar-refractivity contribution in [2.45, 2.75) is 31.1 Å². The molecule has 0 saturated heterocycles. The molecule has 4 heteroatoms. The Hall–Kier alpha value is -0.900. The SMILES string of the molecule is C=S(C)(=O)c1cnnc(C(C)(C)C)c1. The van der Waals surface area contributed by atoms with E-state index in [0.29, 0.717) is 4.90 Å². The van der Waals surface area contributed by atoms with Gasteiger partial charge < -0.3 is 0 Å². The Labute approximate surface area is 85.6 Å². The molecule has 1 heterocycles. The second-order valence-electron chi connectivity index (χ2n) is 4.53. The molecular formula is C10H16N2OS. The minimum atomic E-state index is -2.19. The fraction of sp³-hybridized carbons (Fsp3) is 0.500. The van der Waals surface area contributed by atoms with Crippen LogP contribution in [0.4, 0.5) is 0 Å². The third kappa shape index (κ3) is 2.54. The van der Waals surface area contributed by atoms with E-state index < -0.39 is 9.52 Å². The first-order valence-electron chi connectivity index (χ1n) is 4.37. The Morgan fingerprint density at radius 2 is 2.00 bits per heavy atom. The van der Waals surface area contributed by atoms with Gasteiger partial charge >= 0.3 is 0 Å². The summed E-state index contributed by atoms with van der Waals surface area (Å²) >= 11 is 0. The highest BCUT2D eigenvalue weighted by atomic mass is 32.2. The summed E-state index contributed by atoms with van der Waals surface area (Å²) in [5, 5.41) is 7.87. The monoisotopic (exact) mass is 212 g/mol. The molecule has 1 atom stereocenters. The standard InChI is InChI=1S/C10H16N2OS/c1-10(2,3)9-6-8(7-11-12-9)14(4,5)13/h6-7H,4H2,1-3,5H3. The van der Waals surface area contributed by atoms with Crippen molar-refractivity contribution in [3.05, 3.63) is 18.0 Å². The van der Waals surface area contributed by atoms with Crippen LogP contribution in [0.3, 0.4) is 0 Å². The van der Waals surface area contributed by atoms with Crippen LogP contribution in [0.5, 0.6) is 0 Å². The minimum absolute atomic E-state index is 0.0757. The van der Waals surface area contributed by atoms with Crippen molar-refractivity contribution >= 4 is 15.4 Å². The molecule has 3 nitrogen and oxygen atoms in total. The third-order valence-corrected chi connectivity index (χ3v) is 3.12. The lowest BCUT2D eigenvalue weighted by atomic mass is 9.92. The number of hydrogen-bond acceptors (Lipinski definition) is 3. The van der Waals surface area contributed by atoms with Crippen molar-refractivity contribution in [1.82, 2.24) is 10.2 Å². The molecule has 0 bridgehead atoms. The minimum Gasteiger partial charge on any atom is -0.263 e. The number of aromatic nitrogens is 2. The third-order valence-electron chi connectivity index (χ3n) is 1.90. The van der Waals surface area contributed by atoms with E-state index in [9.17, 15) is 4.21 Å². The summed E-state index contributed by atoms with van der Waals surface area (Å²) in [6.45, 7) is 6.13. The topological polar surface area (TPSA) is 42.9 Å². The molecule has 0 spiro atoms. The summed E-state index contributed by atoms with van der Waals surface area (Å²) in [6, 6.07) is 1.82. The van der Waals surface area contributed by atoms with E-state index in [1.807, 2.05) is 26.8 Å². The van der Waals surface area contributed by atoms with Crippen molar-refractivity contribution in [3.8, 4) is 0 Å². The summed E-state index contributed by atoms with van der Waals surface area (Å²) in [5.74, 6) is 3.62. The Kier molecular flexibility index (Phi) is 2.67. The van der Waals surface area contributed by atoms with Gasteiger partial charge in [0, 0.05) is 11.7 Å². The summed E-state index contributed by atoms with van der Waals surface area (Å²) < 4.78 is 11.7. The molecule has 0 fully saturated rings. The maximum atomic E-state index is 11.7. The quantitative estimate of drug-likeness (QED) is 0.662. The van der Waals surface area contributed by atoms with Gasteiger partial charge in [0.25, 0.3) is 0 Å². The van der Waals surface area contributed by atoms with Gasteiger partial charge in [-0.15, -0.1) is 0 Å². The number of hydrogen-bond donors (Lipinski definition) is 0. The van der Waals surface area contributed by atoms with Crippen LogP contribution in [0.25, 0.3) is 0 Å². The first-order chi connectivity index (χ1) is 6.21. The van der Waals surface area contributed by atoms with E-state index in [4.69, 9.17) is 0 Å². The molecular weight excluding hydrogens is 196 g/mol. The van der Waals surface area contributed by atoms with Gasteiger partial charge in [0.1, 0.15) is 0 Å². The van der Waals surface area contributed by atoms with Crippen LogP contribution in [-0.4, -0.2) is 26.5 Å². The van der Waals surface area contributed by atoms with Crippen LogP contribution in [0.2, 0.25) is 0 Å². The van der Waals surface area contributed by atoms with E-state index in [1.54, 1.807) is 6.26 Å². The second kappa shape index (κ2) is 3.35. The van der Waals surface area contributed by atoms with Crippen molar-refractivity contribution < 1.29 is 4.21 Å². The molecule has 0 N–H and O–H groups in total. The molecule has 0 aliphatic carbocycles. The molecule has 0 aromatic carbocycles. The molecule has 0 saturated carbocycles. The average Bonchev–Trinajstić information content (AvgIpc) is 2.01. The molecule has 0 aliphatic heterocycles. The lowest BCUT2D eigenvalue weighted by Crippen LogP contribution is -2.15. The maximum Gasteiger partial charge on any atom is 0.0696 e. The Morgan fingerprint density at radius 3 is 2.43 bits per heavy atom. The Morgan fingerprint density at radius 1 is 1.43 bits per heavy atom. The van der Waals surface area contributed by atoms with Gasteiger partial charge in [-0.2, -0.15) is 10.2 Å². The molecule has 1 aromatic heterocycles. The van der Waals surface area contributed by atoms with Crippen molar-refractivity contribution in [2.24, 2.45) is 0 Å². The highest BCUT2D eigenvalue weighted by Gasteiger charge is 2.17. The van der Waals surface area contributed by atoms with Gasteiger partial charge in [-0.25, -0.2) is 0 Å². The zero-order valence-corrected chi connectivity index (χ0v) is 9.89. The number of rotatable bonds is 1. The van der Waals surface area contributed by atoms with Crippen molar-refractivity contribution in [2.75, 3.05) is 6.26 Å². The van der Waals surface area contributed by atoms with Gasteiger partial charge in [0.05, 0.1) is 16.8 Å². The first kappa shape index (κ1) is 11.2. The van der Waals surface area contributed by atoms with Crippen LogP contribution in [0.15, 0.2) is 17.2 Å². The van der Waals surface area contributed by atoms with Crippen LogP contribution in [0.1, 0.15) is 26.5 Å². The van der Waals surface area contributed by atoms with Crippen LogP contribution in [-0.2, 0) is 14.9 Å².